The Labute approximate surface area is 84.5 Å². The molecular weight excluding hydrogens is 182 g/mol. The number of aliphatic hydroxyl groups excluding tert-OH is 2. The van der Waals surface area contributed by atoms with E-state index in [0.29, 0.717) is 25.8 Å². The average molecular weight is 201 g/mol. The Morgan fingerprint density at radius 2 is 2.07 bits per heavy atom. The molecule has 1 saturated heterocycles. The Balaban J connectivity index is 2.59. The van der Waals surface area contributed by atoms with Crippen molar-refractivity contribution in [1.82, 2.24) is 4.90 Å². The van der Waals surface area contributed by atoms with Crippen LogP contribution in [0.3, 0.4) is 0 Å². The largest absolute Gasteiger partial charge is 0.392 e. The molecule has 3 atom stereocenters. The van der Waals surface area contributed by atoms with Gasteiger partial charge in [0.1, 0.15) is 6.23 Å². The molecule has 82 valence electrons. The van der Waals surface area contributed by atoms with Crippen molar-refractivity contribution in [2.75, 3.05) is 6.54 Å². The van der Waals surface area contributed by atoms with Gasteiger partial charge in [-0.3, -0.25) is 4.79 Å². The minimum atomic E-state index is -0.684. The van der Waals surface area contributed by atoms with Crippen molar-refractivity contribution in [1.29, 1.82) is 0 Å². The van der Waals surface area contributed by atoms with E-state index in [1.165, 1.54) is 4.90 Å². The van der Waals surface area contributed by atoms with E-state index in [0.717, 1.165) is 0 Å². The maximum Gasteiger partial charge on any atom is 0.230 e. The highest BCUT2D eigenvalue weighted by molar-refractivity contribution is 5.81. The van der Waals surface area contributed by atoms with Gasteiger partial charge in [-0.15, -0.1) is 0 Å². The third kappa shape index (κ3) is 2.07. The van der Waals surface area contributed by atoms with Gasteiger partial charge in [-0.25, -0.2) is 0 Å². The summed E-state index contributed by atoms with van der Waals surface area (Å²) in [6.45, 7) is 4.26. The number of carbonyl (C=O) groups is 1. The second-order valence-electron chi connectivity index (χ2n) is 3.79. The van der Waals surface area contributed by atoms with Crippen molar-refractivity contribution in [2.45, 2.75) is 45.4 Å². The van der Waals surface area contributed by atoms with Crippen molar-refractivity contribution in [3.8, 4) is 0 Å². The Morgan fingerprint density at radius 1 is 1.43 bits per heavy atom. The summed E-state index contributed by atoms with van der Waals surface area (Å²) in [4.78, 5) is 13.2. The molecule has 1 amide bonds. The molecule has 4 nitrogen and oxygen atoms in total. The van der Waals surface area contributed by atoms with Gasteiger partial charge in [-0.1, -0.05) is 13.8 Å². The fraction of sp³-hybridized carbons (Fsp3) is 0.900. The quantitative estimate of drug-likeness (QED) is 0.689. The number of amides is 1. The summed E-state index contributed by atoms with van der Waals surface area (Å²) in [6.07, 6.45) is 0.547. The lowest BCUT2D eigenvalue weighted by molar-refractivity contribution is -0.142. The number of carbonyl (C=O) groups excluding carboxylic acids is 1. The molecule has 1 fully saturated rings. The minimum Gasteiger partial charge on any atom is -0.392 e. The molecule has 0 bridgehead atoms. The molecule has 4 heteroatoms. The van der Waals surface area contributed by atoms with Gasteiger partial charge in [-0.05, 0) is 19.3 Å². The third-order valence-corrected chi connectivity index (χ3v) is 2.89. The van der Waals surface area contributed by atoms with Crippen LogP contribution in [-0.4, -0.2) is 39.9 Å². The molecule has 1 aliphatic heterocycles. The smallest absolute Gasteiger partial charge is 0.230 e. The van der Waals surface area contributed by atoms with E-state index in [1.807, 2.05) is 13.8 Å². The summed E-state index contributed by atoms with van der Waals surface area (Å²) in [5.41, 5.74) is 0. The van der Waals surface area contributed by atoms with E-state index in [4.69, 9.17) is 0 Å². The second kappa shape index (κ2) is 4.75. The number of aliphatic hydroxyl groups is 2. The first-order valence-electron chi connectivity index (χ1n) is 5.28. The minimum absolute atomic E-state index is 0.103. The predicted molar refractivity (Wildman–Crippen MR) is 52.4 cm³/mol. The van der Waals surface area contributed by atoms with Crippen LogP contribution in [0.15, 0.2) is 0 Å². The van der Waals surface area contributed by atoms with E-state index in [2.05, 4.69) is 0 Å². The van der Waals surface area contributed by atoms with Gasteiger partial charge in [-0.2, -0.15) is 0 Å². The molecule has 0 spiro atoms. The monoisotopic (exact) mass is 201 g/mol. The Morgan fingerprint density at radius 3 is 2.57 bits per heavy atom. The first kappa shape index (κ1) is 11.5. The zero-order chi connectivity index (χ0) is 10.7. The third-order valence-electron chi connectivity index (χ3n) is 2.89. The molecule has 3 unspecified atom stereocenters. The highest BCUT2D eigenvalue weighted by atomic mass is 16.3. The number of nitrogens with zero attached hydrogens (tertiary/aromatic N) is 1. The van der Waals surface area contributed by atoms with E-state index in [1.54, 1.807) is 0 Å². The van der Waals surface area contributed by atoms with Gasteiger partial charge >= 0.3 is 0 Å². The molecule has 14 heavy (non-hydrogen) atoms. The van der Waals surface area contributed by atoms with Crippen LogP contribution >= 0.6 is 0 Å². The molecule has 0 aromatic rings. The first-order valence-corrected chi connectivity index (χ1v) is 5.28. The van der Waals surface area contributed by atoms with Crippen molar-refractivity contribution < 1.29 is 15.0 Å². The lowest BCUT2D eigenvalue weighted by Crippen LogP contribution is -2.39. The van der Waals surface area contributed by atoms with E-state index in [9.17, 15) is 15.0 Å². The van der Waals surface area contributed by atoms with Crippen LogP contribution in [0.4, 0.5) is 0 Å². The first-order chi connectivity index (χ1) is 6.61. The maximum absolute atomic E-state index is 11.7. The van der Waals surface area contributed by atoms with Crippen LogP contribution < -0.4 is 0 Å². The van der Waals surface area contributed by atoms with Crippen LogP contribution in [0.25, 0.3) is 0 Å². The van der Waals surface area contributed by atoms with Crippen LogP contribution in [-0.2, 0) is 4.79 Å². The molecular formula is C10H19NO3. The van der Waals surface area contributed by atoms with Crippen molar-refractivity contribution in [3.63, 3.8) is 0 Å². The van der Waals surface area contributed by atoms with E-state index >= 15 is 0 Å². The predicted octanol–water partition coefficient (Wildman–Crippen LogP) is 0.334. The summed E-state index contributed by atoms with van der Waals surface area (Å²) in [5.74, 6) is -0.408. The van der Waals surface area contributed by atoms with Gasteiger partial charge in [0, 0.05) is 6.54 Å². The zero-order valence-electron chi connectivity index (χ0n) is 8.81. The summed E-state index contributed by atoms with van der Waals surface area (Å²) >= 11 is 0. The molecule has 1 rings (SSSR count). The standard InChI is InChI=1S/C10H19NO3/c1-3-8(12)7-5-6-11(10(7)14)9(13)4-2/h7-9,12-13H,3-6H2,1-2H3. The van der Waals surface area contributed by atoms with Crippen LogP contribution in [0.1, 0.15) is 33.1 Å². The number of hydrogen-bond donors (Lipinski definition) is 2. The summed E-state index contributed by atoms with van der Waals surface area (Å²) in [5, 5.41) is 19.1. The summed E-state index contributed by atoms with van der Waals surface area (Å²) in [6, 6.07) is 0. The SMILES string of the molecule is CCC(O)C1CCN(C(O)CC)C1=O. The van der Waals surface area contributed by atoms with Gasteiger partial charge < -0.3 is 15.1 Å². The molecule has 0 aliphatic carbocycles. The highest BCUT2D eigenvalue weighted by Gasteiger charge is 2.37. The maximum atomic E-state index is 11.7. The van der Waals surface area contributed by atoms with Gasteiger partial charge in [0.15, 0.2) is 0 Å². The Bertz CT molecular complexity index is 188. The molecule has 0 saturated carbocycles. The number of likely N-dealkylation sites (tertiary alicyclic amines) is 1. The van der Waals surface area contributed by atoms with Crippen molar-refractivity contribution in [3.05, 3.63) is 0 Å². The van der Waals surface area contributed by atoms with Gasteiger partial charge in [0.25, 0.3) is 0 Å². The molecule has 2 N–H and O–H groups in total. The fourth-order valence-corrected chi connectivity index (χ4v) is 1.88. The number of rotatable bonds is 4. The zero-order valence-corrected chi connectivity index (χ0v) is 8.81. The molecule has 1 aliphatic rings. The van der Waals surface area contributed by atoms with E-state index < -0.39 is 12.3 Å². The summed E-state index contributed by atoms with van der Waals surface area (Å²) in [7, 11) is 0. The second-order valence-corrected chi connectivity index (χ2v) is 3.79. The van der Waals surface area contributed by atoms with Crippen LogP contribution in [0.5, 0.6) is 0 Å². The van der Waals surface area contributed by atoms with Crippen LogP contribution in [0, 0.1) is 5.92 Å². The lowest BCUT2D eigenvalue weighted by Gasteiger charge is -2.23. The highest BCUT2D eigenvalue weighted by Crippen LogP contribution is 2.24. The lowest BCUT2D eigenvalue weighted by atomic mass is 9.99. The van der Waals surface area contributed by atoms with Gasteiger partial charge in [0.2, 0.25) is 5.91 Å². The molecule has 1 heterocycles. The fourth-order valence-electron chi connectivity index (χ4n) is 1.88. The Hall–Kier alpha value is -0.610. The molecule has 0 aromatic carbocycles. The topological polar surface area (TPSA) is 60.8 Å². The van der Waals surface area contributed by atoms with Gasteiger partial charge in [0.05, 0.1) is 12.0 Å². The summed E-state index contributed by atoms with van der Waals surface area (Å²) < 4.78 is 0. The normalized spacial score (nSPS) is 26.7. The van der Waals surface area contributed by atoms with Crippen molar-refractivity contribution >= 4 is 5.91 Å². The van der Waals surface area contributed by atoms with E-state index in [-0.39, 0.29) is 11.8 Å². The van der Waals surface area contributed by atoms with Crippen molar-refractivity contribution in [2.24, 2.45) is 5.92 Å². The van der Waals surface area contributed by atoms with Crippen LogP contribution in [0.2, 0.25) is 0 Å². The number of hydrogen-bond acceptors (Lipinski definition) is 3. The molecule has 0 radical (unpaired) electrons. The molecule has 0 aromatic heterocycles. The Kier molecular flexibility index (Phi) is 3.89. The average Bonchev–Trinajstić information content (AvgIpc) is 2.58.